The Balaban J connectivity index is 1.70. The normalized spacial score (nSPS) is 13.9. The van der Waals surface area contributed by atoms with Crippen molar-refractivity contribution >= 4 is 28.1 Å². The minimum atomic E-state index is -1.09. The van der Waals surface area contributed by atoms with E-state index in [1.807, 2.05) is 19.9 Å². The van der Waals surface area contributed by atoms with Crippen LogP contribution in [-0.2, 0) is 12.6 Å². The maximum Gasteiger partial charge on any atom is 0.274 e. The summed E-state index contributed by atoms with van der Waals surface area (Å²) in [6, 6.07) is 3.76. The molecule has 0 aliphatic heterocycles. The van der Waals surface area contributed by atoms with Crippen LogP contribution in [0.1, 0.15) is 53.2 Å². The van der Waals surface area contributed by atoms with Crippen LogP contribution in [0.25, 0.3) is 21.3 Å². The summed E-state index contributed by atoms with van der Waals surface area (Å²) in [6.07, 6.45) is 7.18. The highest BCUT2D eigenvalue weighted by Crippen LogP contribution is 2.46. The van der Waals surface area contributed by atoms with Crippen molar-refractivity contribution in [2.45, 2.75) is 52.2 Å². The van der Waals surface area contributed by atoms with E-state index in [-0.39, 0.29) is 17.5 Å². The summed E-state index contributed by atoms with van der Waals surface area (Å²) in [5, 5.41) is 14.4. The number of carbonyl (C=O) groups excluding carboxylic acids is 1. The average Bonchev–Trinajstić information content (AvgIpc) is 3.31. The maximum absolute atomic E-state index is 12.9. The molecular weight excluding hydrogens is 464 g/mol. The van der Waals surface area contributed by atoms with Gasteiger partial charge in [0.25, 0.3) is 11.5 Å². The third-order valence-corrected chi connectivity index (χ3v) is 7.59. The third-order valence-electron chi connectivity index (χ3n) is 6.13. The van der Waals surface area contributed by atoms with Gasteiger partial charge in [-0.3, -0.25) is 14.6 Å². The minimum absolute atomic E-state index is 0.203. The van der Waals surface area contributed by atoms with Gasteiger partial charge in [-0.15, -0.1) is 11.3 Å². The molecule has 0 atom stereocenters. The minimum Gasteiger partial charge on any atom is -0.455 e. The van der Waals surface area contributed by atoms with Gasteiger partial charge in [0.05, 0.1) is 10.5 Å². The highest BCUT2D eigenvalue weighted by atomic mass is 32.1. The fourth-order valence-electron chi connectivity index (χ4n) is 4.03. The molecule has 4 aromatic rings. The zero-order valence-electron chi connectivity index (χ0n) is 20.4. The number of aryl methyl sites for hydroxylation is 3. The number of rotatable bonds is 6. The largest absolute Gasteiger partial charge is 0.455 e. The maximum atomic E-state index is 12.9. The van der Waals surface area contributed by atoms with Crippen molar-refractivity contribution in [2.24, 2.45) is 7.05 Å². The molecule has 4 aromatic heterocycles. The first-order chi connectivity index (χ1) is 16.5. The van der Waals surface area contributed by atoms with Crippen LogP contribution < -0.4 is 15.6 Å². The molecule has 4 heterocycles. The first-order valence-corrected chi connectivity index (χ1v) is 12.3. The number of aliphatic hydroxyl groups is 1. The molecule has 0 unspecified atom stereocenters. The standard InChI is InChI=1S/C26H28N4O4S/c1-13-10-27-11-14(2)22(13)34-19-9-20(26(3,4)33)35-23(19)17-12-30(5)25(32)21-16(17)8-18(29-21)24(31)28-15-6-7-15/h8-12,15,29,33H,6-7H2,1-5H3,(H,28,31). The van der Waals surface area contributed by atoms with Gasteiger partial charge in [-0.2, -0.15) is 0 Å². The lowest BCUT2D eigenvalue weighted by atomic mass is 10.1. The van der Waals surface area contributed by atoms with E-state index in [9.17, 15) is 14.7 Å². The van der Waals surface area contributed by atoms with Crippen LogP contribution >= 0.6 is 11.3 Å². The molecular formula is C26H28N4O4S. The lowest BCUT2D eigenvalue weighted by Crippen LogP contribution is -2.25. The van der Waals surface area contributed by atoms with Gasteiger partial charge in [-0.05, 0) is 52.7 Å². The molecule has 182 valence electrons. The number of nitrogens with zero attached hydrogens (tertiary/aromatic N) is 2. The Morgan fingerprint density at radius 3 is 2.57 bits per heavy atom. The van der Waals surface area contributed by atoms with Gasteiger partial charge in [0.15, 0.2) is 0 Å². The lowest BCUT2D eigenvalue weighted by molar-refractivity contribution is 0.0824. The Hall–Kier alpha value is -3.43. The van der Waals surface area contributed by atoms with Gasteiger partial charge in [-0.25, -0.2) is 0 Å². The van der Waals surface area contributed by atoms with Gasteiger partial charge in [0.1, 0.15) is 22.7 Å². The van der Waals surface area contributed by atoms with Crippen molar-refractivity contribution in [3.63, 3.8) is 0 Å². The van der Waals surface area contributed by atoms with Crippen LogP contribution in [0.15, 0.2) is 35.5 Å². The van der Waals surface area contributed by atoms with Crippen LogP contribution in [-0.4, -0.2) is 31.6 Å². The fraction of sp³-hybridized carbons (Fsp3) is 0.346. The summed E-state index contributed by atoms with van der Waals surface area (Å²) in [4.78, 5) is 34.4. The topological polar surface area (TPSA) is 109 Å². The summed E-state index contributed by atoms with van der Waals surface area (Å²) in [5.74, 6) is 1.04. The van der Waals surface area contributed by atoms with Gasteiger partial charge >= 0.3 is 0 Å². The third kappa shape index (κ3) is 4.37. The predicted molar refractivity (Wildman–Crippen MR) is 136 cm³/mol. The quantitative estimate of drug-likeness (QED) is 0.367. The number of H-pyrrole nitrogens is 1. The summed E-state index contributed by atoms with van der Waals surface area (Å²) < 4.78 is 7.91. The van der Waals surface area contributed by atoms with Crippen molar-refractivity contribution in [3.8, 4) is 21.9 Å². The van der Waals surface area contributed by atoms with E-state index in [1.54, 1.807) is 45.6 Å². The molecule has 1 aliphatic carbocycles. The number of amides is 1. The second kappa shape index (κ2) is 8.35. The van der Waals surface area contributed by atoms with Crippen LogP contribution in [0, 0.1) is 13.8 Å². The smallest absolute Gasteiger partial charge is 0.274 e. The first kappa shape index (κ1) is 23.3. The van der Waals surface area contributed by atoms with Crippen molar-refractivity contribution in [1.29, 1.82) is 0 Å². The highest BCUT2D eigenvalue weighted by molar-refractivity contribution is 7.16. The Kier molecular flexibility index (Phi) is 5.56. The molecule has 5 rings (SSSR count). The van der Waals surface area contributed by atoms with Crippen molar-refractivity contribution < 1.29 is 14.6 Å². The van der Waals surface area contributed by atoms with E-state index < -0.39 is 5.60 Å². The first-order valence-electron chi connectivity index (χ1n) is 11.5. The Morgan fingerprint density at radius 1 is 1.26 bits per heavy atom. The number of aromatic amines is 1. The van der Waals surface area contributed by atoms with E-state index in [2.05, 4.69) is 15.3 Å². The van der Waals surface area contributed by atoms with E-state index in [1.165, 1.54) is 15.9 Å². The number of nitrogens with one attached hydrogen (secondary N) is 2. The van der Waals surface area contributed by atoms with Crippen molar-refractivity contribution in [2.75, 3.05) is 0 Å². The summed E-state index contributed by atoms with van der Waals surface area (Å²) in [7, 11) is 1.68. The molecule has 8 nitrogen and oxygen atoms in total. The number of ether oxygens (including phenoxy) is 1. The van der Waals surface area contributed by atoms with E-state index in [4.69, 9.17) is 4.74 Å². The summed E-state index contributed by atoms with van der Waals surface area (Å²) in [6.45, 7) is 7.31. The Labute approximate surface area is 206 Å². The van der Waals surface area contributed by atoms with E-state index in [0.29, 0.717) is 28.1 Å². The second-order valence-corrected chi connectivity index (χ2v) is 10.8. The van der Waals surface area contributed by atoms with Gasteiger partial charge in [0, 0.05) is 58.6 Å². The molecule has 1 fully saturated rings. The monoisotopic (exact) mass is 492 g/mol. The van der Waals surface area contributed by atoms with Gasteiger partial charge in [0.2, 0.25) is 0 Å². The van der Waals surface area contributed by atoms with Crippen LogP contribution in [0.2, 0.25) is 0 Å². The zero-order valence-corrected chi connectivity index (χ0v) is 21.2. The zero-order chi connectivity index (χ0) is 25.1. The lowest BCUT2D eigenvalue weighted by Gasteiger charge is -2.14. The molecule has 1 amide bonds. The van der Waals surface area contributed by atoms with Crippen molar-refractivity contribution in [1.82, 2.24) is 19.9 Å². The van der Waals surface area contributed by atoms with Gasteiger partial charge in [-0.1, -0.05) is 0 Å². The highest BCUT2D eigenvalue weighted by Gasteiger charge is 2.28. The molecule has 0 radical (unpaired) electrons. The van der Waals surface area contributed by atoms with Gasteiger partial charge < -0.3 is 24.7 Å². The molecule has 35 heavy (non-hydrogen) atoms. The predicted octanol–water partition coefficient (Wildman–Crippen LogP) is 4.52. The average molecular weight is 493 g/mol. The molecule has 1 saturated carbocycles. The number of fused-ring (bicyclic) bond motifs is 1. The molecule has 0 bridgehead atoms. The number of thiophene rings is 1. The Bertz CT molecular complexity index is 1500. The van der Waals surface area contributed by atoms with Crippen LogP contribution in [0.3, 0.4) is 0 Å². The number of carbonyl (C=O) groups is 1. The number of pyridine rings is 2. The molecule has 3 N–H and O–H groups in total. The summed E-state index contributed by atoms with van der Waals surface area (Å²) in [5.41, 5.74) is 1.90. The molecule has 0 saturated heterocycles. The fourth-order valence-corrected chi connectivity index (χ4v) is 5.14. The molecule has 0 aromatic carbocycles. The number of hydrogen-bond acceptors (Lipinski definition) is 6. The summed E-state index contributed by atoms with van der Waals surface area (Å²) >= 11 is 1.40. The van der Waals surface area contributed by atoms with E-state index in [0.717, 1.165) is 39.3 Å². The SMILES string of the molecule is Cc1cncc(C)c1Oc1cc(C(C)(C)O)sc1-c1cn(C)c(=O)c2[nH]c(C(=O)NC3CC3)cc12. The van der Waals surface area contributed by atoms with E-state index >= 15 is 0 Å². The molecule has 1 aliphatic rings. The van der Waals surface area contributed by atoms with Crippen molar-refractivity contribution in [3.05, 3.63) is 62.8 Å². The Morgan fingerprint density at radius 2 is 1.94 bits per heavy atom. The number of aromatic nitrogens is 3. The second-order valence-electron chi connectivity index (χ2n) is 9.75. The number of hydrogen-bond donors (Lipinski definition) is 3. The molecule has 0 spiro atoms. The molecule has 9 heteroatoms. The van der Waals surface area contributed by atoms with Crippen LogP contribution in [0.4, 0.5) is 0 Å². The van der Waals surface area contributed by atoms with Crippen LogP contribution in [0.5, 0.6) is 11.5 Å².